The standard InChI is InChI=1S/C19H15F4N3O/c1-11-7-8-14(17-24-10-9-12(2)25-17)26-16(11)13-5-3-4-6-15(13)27-19(22,23)18(20)21/h3-10,18H,1-2H3. The molecule has 2 heterocycles. The summed E-state index contributed by atoms with van der Waals surface area (Å²) in [4.78, 5) is 12.9. The molecule has 0 spiro atoms. The molecule has 0 N–H and O–H groups in total. The molecule has 8 heteroatoms. The third-order valence-corrected chi connectivity index (χ3v) is 3.76. The highest BCUT2D eigenvalue weighted by Gasteiger charge is 2.44. The maximum atomic E-state index is 13.4. The zero-order valence-corrected chi connectivity index (χ0v) is 14.5. The van der Waals surface area contributed by atoms with Crippen molar-refractivity contribution >= 4 is 0 Å². The first-order valence-corrected chi connectivity index (χ1v) is 8.00. The first kappa shape index (κ1) is 18.8. The molecule has 0 aliphatic heterocycles. The van der Waals surface area contributed by atoms with Gasteiger partial charge >= 0.3 is 12.5 Å². The highest BCUT2D eigenvalue weighted by molar-refractivity contribution is 5.72. The highest BCUT2D eigenvalue weighted by Crippen LogP contribution is 2.36. The van der Waals surface area contributed by atoms with Crippen LogP contribution in [0.15, 0.2) is 48.7 Å². The van der Waals surface area contributed by atoms with Crippen molar-refractivity contribution in [1.29, 1.82) is 0 Å². The number of aromatic nitrogens is 3. The molecule has 0 saturated heterocycles. The Bertz CT molecular complexity index is 963. The maximum absolute atomic E-state index is 13.4. The minimum atomic E-state index is -4.61. The van der Waals surface area contributed by atoms with E-state index in [0.29, 0.717) is 22.8 Å². The summed E-state index contributed by atoms with van der Waals surface area (Å²) in [7, 11) is 0. The van der Waals surface area contributed by atoms with Crippen molar-refractivity contribution in [3.05, 3.63) is 59.9 Å². The molecular weight excluding hydrogens is 362 g/mol. The number of ether oxygens (including phenoxy) is 1. The molecular formula is C19H15F4N3O. The second-order valence-corrected chi connectivity index (χ2v) is 5.84. The van der Waals surface area contributed by atoms with Crippen LogP contribution in [0.2, 0.25) is 0 Å². The van der Waals surface area contributed by atoms with Crippen LogP contribution in [-0.4, -0.2) is 27.5 Å². The highest BCUT2D eigenvalue weighted by atomic mass is 19.3. The lowest BCUT2D eigenvalue weighted by Gasteiger charge is -2.19. The van der Waals surface area contributed by atoms with E-state index in [1.807, 2.05) is 0 Å². The fraction of sp³-hybridized carbons (Fsp3) is 0.211. The van der Waals surface area contributed by atoms with E-state index in [0.717, 1.165) is 5.69 Å². The van der Waals surface area contributed by atoms with Crippen molar-refractivity contribution in [3.63, 3.8) is 0 Å². The lowest BCUT2D eigenvalue weighted by Crippen LogP contribution is -2.33. The van der Waals surface area contributed by atoms with Crippen molar-refractivity contribution in [2.75, 3.05) is 0 Å². The van der Waals surface area contributed by atoms with Gasteiger partial charge in [0.05, 0.1) is 5.69 Å². The van der Waals surface area contributed by atoms with Gasteiger partial charge in [-0.25, -0.2) is 15.0 Å². The Kier molecular flexibility index (Phi) is 5.07. The second kappa shape index (κ2) is 7.30. The predicted molar refractivity (Wildman–Crippen MR) is 91.8 cm³/mol. The van der Waals surface area contributed by atoms with E-state index < -0.39 is 12.5 Å². The fourth-order valence-corrected chi connectivity index (χ4v) is 2.44. The third-order valence-electron chi connectivity index (χ3n) is 3.76. The van der Waals surface area contributed by atoms with Crippen LogP contribution in [-0.2, 0) is 0 Å². The molecule has 0 amide bonds. The van der Waals surface area contributed by atoms with Gasteiger partial charge in [0.2, 0.25) is 0 Å². The predicted octanol–water partition coefficient (Wildman–Crippen LogP) is 5.06. The van der Waals surface area contributed by atoms with E-state index in [4.69, 9.17) is 0 Å². The van der Waals surface area contributed by atoms with Gasteiger partial charge < -0.3 is 4.74 Å². The Morgan fingerprint density at radius 2 is 1.70 bits per heavy atom. The Morgan fingerprint density at radius 1 is 0.963 bits per heavy atom. The number of alkyl halides is 4. The topological polar surface area (TPSA) is 47.9 Å². The smallest absolute Gasteiger partial charge is 0.428 e. The summed E-state index contributed by atoms with van der Waals surface area (Å²) >= 11 is 0. The van der Waals surface area contributed by atoms with Crippen LogP contribution >= 0.6 is 0 Å². The Labute approximate surface area is 152 Å². The minimum absolute atomic E-state index is 0.171. The summed E-state index contributed by atoms with van der Waals surface area (Å²) in [5, 5.41) is 0. The van der Waals surface area contributed by atoms with Gasteiger partial charge in [0.25, 0.3) is 0 Å². The third kappa shape index (κ3) is 4.05. The summed E-state index contributed by atoms with van der Waals surface area (Å²) in [6, 6.07) is 10.8. The SMILES string of the molecule is Cc1ccnc(-c2ccc(C)c(-c3ccccc3OC(F)(F)C(F)F)n2)n1. The molecule has 0 aliphatic carbocycles. The van der Waals surface area contributed by atoms with Crippen LogP contribution in [0.4, 0.5) is 17.6 Å². The molecule has 1 aromatic carbocycles. The lowest BCUT2D eigenvalue weighted by molar-refractivity contribution is -0.253. The first-order chi connectivity index (χ1) is 12.8. The largest absolute Gasteiger partial charge is 0.461 e. The second-order valence-electron chi connectivity index (χ2n) is 5.84. The molecule has 140 valence electrons. The van der Waals surface area contributed by atoms with E-state index in [9.17, 15) is 17.6 Å². The molecule has 0 radical (unpaired) electrons. The van der Waals surface area contributed by atoms with Crippen molar-refractivity contribution in [3.8, 4) is 28.5 Å². The van der Waals surface area contributed by atoms with Crippen LogP contribution in [0, 0.1) is 13.8 Å². The summed E-state index contributed by atoms with van der Waals surface area (Å²) in [5.41, 5.74) is 2.31. The number of hydrogen-bond acceptors (Lipinski definition) is 4. The van der Waals surface area contributed by atoms with Crippen LogP contribution in [0.3, 0.4) is 0 Å². The molecule has 3 aromatic rings. The van der Waals surface area contributed by atoms with E-state index in [1.165, 1.54) is 18.2 Å². The van der Waals surface area contributed by atoms with Crippen LogP contribution < -0.4 is 4.74 Å². The van der Waals surface area contributed by atoms with Gasteiger partial charge in [0.15, 0.2) is 5.82 Å². The average Bonchev–Trinajstić information content (AvgIpc) is 2.62. The van der Waals surface area contributed by atoms with Crippen molar-refractivity contribution in [2.45, 2.75) is 26.4 Å². The maximum Gasteiger partial charge on any atom is 0.461 e. The Hall–Kier alpha value is -3.03. The molecule has 0 fully saturated rings. The molecule has 3 rings (SSSR count). The molecule has 2 aromatic heterocycles. The number of halogens is 4. The molecule has 0 saturated carbocycles. The summed E-state index contributed by atoms with van der Waals surface area (Å²) in [6.07, 6.45) is -6.98. The van der Waals surface area contributed by atoms with E-state index in [-0.39, 0.29) is 11.3 Å². The van der Waals surface area contributed by atoms with Gasteiger partial charge in [-0.2, -0.15) is 17.6 Å². The number of nitrogens with zero attached hydrogens (tertiary/aromatic N) is 3. The van der Waals surface area contributed by atoms with Crippen molar-refractivity contribution < 1.29 is 22.3 Å². The number of hydrogen-bond donors (Lipinski definition) is 0. The molecule has 0 unspecified atom stereocenters. The monoisotopic (exact) mass is 377 g/mol. The Balaban J connectivity index is 2.08. The van der Waals surface area contributed by atoms with E-state index in [1.54, 1.807) is 44.3 Å². The van der Waals surface area contributed by atoms with E-state index in [2.05, 4.69) is 19.7 Å². The number of benzene rings is 1. The zero-order chi connectivity index (χ0) is 19.6. The number of pyridine rings is 1. The van der Waals surface area contributed by atoms with Crippen LogP contribution in [0.25, 0.3) is 22.8 Å². The first-order valence-electron chi connectivity index (χ1n) is 8.00. The Morgan fingerprint density at radius 3 is 2.41 bits per heavy atom. The van der Waals surface area contributed by atoms with Crippen molar-refractivity contribution in [2.24, 2.45) is 0 Å². The zero-order valence-electron chi connectivity index (χ0n) is 14.5. The van der Waals surface area contributed by atoms with Gasteiger partial charge in [-0.3, -0.25) is 0 Å². The average molecular weight is 377 g/mol. The fourth-order valence-electron chi connectivity index (χ4n) is 2.44. The van der Waals surface area contributed by atoms with E-state index >= 15 is 0 Å². The van der Waals surface area contributed by atoms with Gasteiger partial charge in [0.1, 0.15) is 11.4 Å². The molecule has 27 heavy (non-hydrogen) atoms. The summed E-state index contributed by atoms with van der Waals surface area (Å²) < 4.78 is 56.2. The number of para-hydroxylation sites is 1. The normalized spacial score (nSPS) is 11.7. The van der Waals surface area contributed by atoms with Gasteiger partial charge in [0, 0.05) is 17.5 Å². The molecule has 0 aliphatic rings. The molecule has 0 bridgehead atoms. The molecule has 0 atom stereocenters. The lowest BCUT2D eigenvalue weighted by atomic mass is 10.0. The number of rotatable bonds is 5. The van der Waals surface area contributed by atoms with Gasteiger partial charge in [-0.15, -0.1) is 0 Å². The van der Waals surface area contributed by atoms with Crippen LogP contribution in [0.5, 0.6) is 5.75 Å². The van der Waals surface area contributed by atoms with Gasteiger partial charge in [-0.05, 0) is 43.7 Å². The molecule has 4 nitrogen and oxygen atoms in total. The van der Waals surface area contributed by atoms with Crippen molar-refractivity contribution in [1.82, 2.24) is 15.0 Å². The number of aryl methyl sites for hydroxylation is 2. The summed E-state index contributed by atoms with van der Waals surface area (Å²) in [6.45, 7) is 3.53. The van der Waals surface area contributed by atoms with Gasteiger partial charge in [-0.1, -0.05) is 18.2 Å². The van der Waals surface area contributed by atoms with Crippen LogP contribution in [0.1, 0.15) is 11.3 Å². The summed E-state index contributed by atoms with van der Waals surface area (Å²) in [5.74, 6) is -0.0201. The quantitative estimate of drug-likeness (QED) is 0.583. The minimum Gasteiger partial charge on any atom is -0.428 e.